The highest BCUT2D eigenvalue weighted by Gasteiger charge is 2.33. The van der Waals surface area contributed by atoms with E-state index >= 15 is 0 Å². The zero-order valence-electron chi connectivity index (χ0n) is 11.3. The summed E-state index contributed by atoms with van der Waals surface area (Å²) < 4.78 is 13.9. The Morgan fingerprint density at radius 2 is 1.82 bits per heavy atom. The van der Waals surface area contributed by atoms with Gasteiger partial charge >= 0.3 is 0 Å². The van der Waals surface area contributed by atoms with Gasteiger partial charge in [-0.15, -0.1) is 0 Å². The fourth-order valence-corrected chi connectivity index (χ4v) is 2.44. The smallest absolute Gasteiger partial charge is 0.281 e. The highest BCUT2D eigenvalue weighted by atomic mass is 32.1. The third kappa shape index (κ3) is 2.44. The first-order valence-electron chi connectivity index (χ1n) is 6.47. The maximum Gasteiger partial charge on any atom is 0.281 e. The number of para-hydroxylation sites is 2. The molecule has 22 heavy (non-hydrogen) atoms. The predicted octanol–water partition coefficient (Wildman–Crippen LogP) is 2.79. The van der Waals surface area contributed by atoms with E-state index in [1.807, 2.05) is 0 Å². The first kappa shape index (κ1) is 14.2. The van der Waals surface area contributed by atoms with E-state index in [0.29, 0.717) is 5.56 Å². The minimum atomic E-state index is -0.538. The normalized spacial score (nSPS) is 16.2. The maximum atomic E-state index is 13.9. The van der Waals surface area contributed by atoms with Crippen molar-refractivity contribution in [2.24, 2.45) is 0 Å². The summed E-state index contributed by atoms with van der Waals surface area (Å²) in [5.74, 6) is -0.970. The molecule has 2 aromatic rings. The first-order chi connectivity index (χ1) is 10.6. The van der Waals surface area contributed by atoms with E-state index in [0.717, 1.165) is 4.90 Å². The highest BCUT2D eigenvalue weighted by Crippen LogP contribution is 2.26. The molecule has 0 spiro atoms. The largest absolute Gasteiger partial charge is 0.507 e. The number of amides is 1. The van der Waals surface area contributed by atoms with Crippen LogP contribution in [0.5, 0.6) is 5.75 Å². The van der Waals surface area contributed by atoms with Crippen molar-refractivity contribution >= 4 is 35.0 Å². The van der Waals surface area contributed by atoms with Crippen LogP contribution < -0.4 is 10.2 Å². The average molecular weight is 314 g/mol. The van der Waals surface area contributed by atoms with Crippen molar-refractivity contribution in [2.45, 2.75) is 0 Å². The van der Waals surface area contributed by atoms with Crippen molar-refractivity contribution in [1.29, 1.82) is 0 Å². The lowest BCUT2D eigenvalue weighted by Crippen LogP contribution is -2.31. The number of halogens is 1. The molecular weight excluding hydrogens is 303 g/mol. The van der Waals surface area contributed by atoms with Crippen LogP contribution in [0.4, 0.5) is 10.1 Å². The van der Waals surface area contributed by atoms with E-state index in [9.17, 15) is 14.3 Å². The van der Waals surface area contributed by atoms with Crippen molar-refractivity contribution in [3.63, 3.8) is 0 Å². The van der Waals surface area contributed by atoms with E-state index in [2.05, 4.69) is 5.32 Å². The van der Waals surface area contributed by atoms with Crippen LogP contribution in [0.2, 0.25) is 0 Å². The second-order valence-electron chi connectivity index (χ2n) is 4.64. The van der Waals surface area contributed by atoms with Gasteiger partial charge in [0.25, 0.3) is 5.91 Å². The minimum absolute atomic E-state index is 0.0415. The molecule has 0 saturated carbocycles. The van der Waals surface area contributed by atoms with E-state index in [1.165, 1.54) is 30.3 Å². The monoisotopic (exact) mass is 314 g/mol. The van der Waals surface area contributed by atoms with E-state index in [1.54, 1.807) is 24.3 Å². The summed E-state index contributed by atoms with van der Waals surface area (Å²) >= 11 is 5.11. The maximum absolute atomic E-state index is 13.9. The molecule has 6 heteroatoms. The molecule has 1 fully saturated rings. The molecule has 0 radical (unpaired) electrons. The lowest BCUT2D eigenvalue weighted by molar-refractivity contribution is -0.113. The lowest BCUT2D eigenvalue weighted by Gasteiger charge is -2.14. The number of nitrogens with one attached hydrogen (secondary N) is 1. The summed E-state index contributed by atoms with van der Waals surface area (Å²) in [5, 5.41) is 12.6. The number of phenolic OH excluding ortho intramolecular Hbond substituents is 1. The third-order valence-electron chi connectivity index (χ3n) is 3.21. The van der Waals surface area contributed by atoms with E-state index < -0.39 is 11.7 Å². The number of carbonyl (C=O) groups excluding carboxylic acids is 1. The molecule has 1 amide bonds. The van der Waals surface area contributed by atoms with Gasteiger partial charge in [0.1, 0.15) is 17.3 Å². The van der Waals surface area contributed by atoms with Crippen molar-refractivity contribution < 1.29 is 14.3 Å². The Kier molecular flexibility index (Phi) is 3.60. The molecule has 1 heterocycles. The number of thiocarbonyl (C=S) groups is 1. The second-order valence-corrected chi connectivity index (χ2v) is 5.03. The fraction of sp³-hybridized carbons (Fsp3) is 0. The highest BCUT2D eigenvalue weighted by molar-refractivity contribution is 7.80. The van der Waals surface area contributed by atoms with Gasteiger partial charge in [0.05, 0.1) is 5.69 Å². The van der Waals surface area contributed by atoms with Crippen molar-refractivity contribution in [3.05, 3.63) is 65.6 Å². The number of carbonyl (C=O) groups is 1. The summed E-state index contributed by atoms with van der Waals surface area (Å²) in [7, 11) is 0. The Balaban J connectivity index is 1.99. The number of phenols is 1. The summed E-state index contributed by atoms with van der Waals surface area (Å²) in [5.41, 5.74) is 0.733. The molecule has 1 saturated heterocycles. The molecule has 110 valence electrons. The van der Waals surface area contributed by atoms with Gasteiger partial charge in [0.15, 0.2) is 5.11 Å². The Morgan fingerprint density at radius 1 is 1.14 bits per heavy atom. The average Bonchev–Trinajstić information content (AvgIpc) is 2.77. The van der Waals surface area contributed by atoms with Crippen molar-refractivity contribution in [3.8, 4) is 5.75 Å². The minimum Gasteiger partial charge on any atom is -0.507 e. The molecule has 0 bridgehead atoms. The van der Waals surface area contributed by atoms with Crippen LogP contribution in [0.25, 0.3) is 6.08 Å². The van der Waals surface area contributed by atoms with Gasteiger partial charge in [-0.1, -0.05) is 30.3 Å². The topological polar surface area (TPSA) is 52.6 Å². The van der Waals surface area contributed by atoms with Crippen LogP contribution in [0.1, 0.15) is 5.56 Å². The molecule has 2 aromatic carbocycles. The van der Waals surface area contributed by atoms with Gasteiger partial charge in [0.2, 0.25) is 0 Å². The number of hydrogen-bond acceptors (Lipinski definition) is 3. The van der Waals surface area contributed by atoms with Gasteiger partial charge in [-0.25, -0.2) is 9.29 Å². The number of nitrogens with zero attached hydrogens (tertiary/aromatic N) is 1. The van der Waals surface area contributed by atoms with Gasteiger partial charge < -0.3 is 10.4 Å². The van der Waals surface area contributed by atoms with Crippen LogP contribution in [-0.4, -0.2) is 16.1 Å². The summed E-state index contributed by atoms with van der Waals surface area (Å²) in [4.78, 5) is 13.5. The lowest BCUT2D eigenvalue weighted by atomic mass is 10.1. The molecule has 3 rings (SSSR count). The molecule has 0 aromatic heterocycles. The van der Waals surface area contributed by atoms with Crippen LogP contribution in [0, 0.1) is 5.82 Å². The first-order valence-corrected chi connectivity index (χ1v) is 6.88. The SMILES string of the molecule is O=C1/C(=C/c2ccccc2O)NC(=S)N1c1ccccc1F. The quantitative estimate of drug-likeness (QED) is 0.661. The fourth-order valence-electron chi connectivity index (χ4n) is 2.15. The zero-order valence-corrected chi connectivity index (χ0v) is 12.1. The van der Waals surface area contributed by atoms with E-state index in [-0.39, 0.29) is 22.2 Å². The molecule has 2 N–H and O–H groups in total. The van der Waals surface area contributed by atoms with Gasteiger partial charge in [-0.05, 0) is 36.5 Å². The zero-order chi connectivity index (χ0) is 15.7. The molecule has 0 atom stereocenters. The molecule has 4 nitrogen and oxygen atoms in total. The predicted molar refractivity (Wildman–Crippen MR) is 85.7 cm³/mol. The van der Waals surface area contributed by atoms with Crippen LogP contribution >= 0.6 is 12.2 Å². The molecule has 1 aliphatic heterocycles. The Bertz CT molecular complexity index is 804. The molecule has 1 aliphatic rings. The van der Waals surface area contributed by atoms with Crippen LogP contribution in [-0.2, 0) is 4.79 Å². The van der Waals surface area contributed by atoms with Crippen molar-refractivity contribution in [2.75, 3.05) is 4.90 Å². The second kappa shape index (κ2) is 5.57. The Hall–Kier alpha value is -2.73. The molecule has 0 aliphatic carbocycles. The Morgan fingerprint density at radius 3 is 2.55 bits per heavy atom. The van der Waals surface area contributed by atoms with Gasteiger partial charge in [0, 0.05) is 5.56 Å². The number of benzene rings is 2. The number of anilines is 1. The summed E-state index contributed by atoms with van der Waals surface area (Å²) in [6, 6.07) is 12.5. The van der Waals surface area contributed by atoms with Crippen LogP contribution in [0.3, 0.4) is 0 Å². The number of aromatic hydroxyl groups is 1. The summed E-state index contributed by atoms with van der Waals surface area (Å²) in [6.07, 6.45) is 1.48. The van der Waals surface area contributed by atoms with Gasteiger partial charge in [-0.3, -0.25) is 4.79 Å². The van der Waals surface area contributed by atoms with E-state index in [4.69, 9.17) is 12.2 Å². The third-order valence-corrected chi connectivity index (χ3v) is 3.49. The van der Waals surface area contributed by atoms with Gasteiger partial charge in [-0.2, -0.15) is 0 Å². The molecular formula is C16H11FN2O2S. The van der Waals surface area contributed by atoms with Crippen molar-refractivity contribution in [1.82, 2.24) is 5.32 Å². The molecule has 0 unspecified atom stereocenters. The standard InChI is InChI=1S/C16H11FN2O2S/c17-11-6-2-3-7-13(11)19-15(21)12(18-16(19)22)9-10-5-1-4-8-14(10)20/h1-9,20H,(H,18,22)/b12-9-. The number of hydrogen-bond donors (Lipinski definition) is 2. The van der Waals surface area contributed by atoms with Crippen LogP contribution in [0.15, 0.2) is 54.2 Å². The summed E-state index contributed by atoms with van der Waals surface area (Å²) in [6.45, 7) is 0. The number of rotatable bonds is 2. The Labute approximate surface area is 131 Å².